The van der Waals surface area contributed by atoms with E-state index >= 15 is 0 Å². The van der Waals surface area contributed by atoms with E-state index in [4.69, 9.17) is 11.6 Å². The number of benzene rings is 3. The van der Waals surface area contributed by atoms with Gasteiger partial charge in [0.05, 0.1) is 10.6 Å². The first kappa shape index (κ1) is 31.1. The van der Waals surface area contributed by atoms with Gasteiger partial charge in [0.25, 0.3) is 10.0 Å². The van der Waals surface area contributed by atoms with Crippen molar-refractivity contribution in [3.8, 4) is 0 Å². The van der Waals surface area contributed by atoms with Crippen molar-refractivity contribution in [3.05, 3.63) is 94.8 Å². The Hall–Kier alpha value is -3.43. The van der Waals surface area contributed by atoms with Gasteiger partial charge in [0.15, 0.2) is 0 Å². The van der Waals surface area contributed by atoms with E-state index in [-0.39, 0.29) is 35.5 Å². The third-order valence-corrected chi connectivity index (χ3v) is 8.90. The zero-order chi connectivity index (χ0) is 29.4. The van der Waals surface area contributed by atoms with Crippen LogP contribution in [0.2, 0.25) is 5.02 Å². The summed E-state index contributed by atoms with van der Waals surface area (Å²) in [6.07, 6.45) is 0.988. The number of anilines is 1. The van der Waals surface area contributed by atoms with Gasteiger partial charge in [-0.15, -0.1) is 0 Å². The number of carbonyl (C=O) groups is 2. The van der Waals surface area contributed by atoms with E-state index < -0.39 is 34.3 Å². The first-order valence-electron chi connectivity index (χ1n) is 13.2. The monoisotopic (exact) mass is 587 g/mol. The highest BCUT2D eigenvalue weighted by atomic mass is 35.5. The molecular weight excluding hydrogens is 553 g/mol. The van der Waals surface area contributed by atoms with Crippen molar-refractivity contribution in [1.29, 1.82) is 0 Å². The number of rotatable bonds is 12. The third-order valence-electron chi connectivity index (χ3n) is 6.71. The topological polar surface area (TPSA) is 86.8 Å². The fraction of sp³-hybridized carbons (Fsp3) is 0.333. The maximum Gasteiger partial charge on any atom is 0.264 e. The van der Waals surface area contributed by atoms with E-state index in [1.807, 2.05) is 13.8 Å². The van der Waals surface area contributed by atoms with Gasteiger partial charge in [-0.3, -0.25) is 13.9 Å². The Kier molecular flexibility index (Phi) is 10.7. The summed E-state index contributed by atoms with van der Waals surface area (Å²) in [5, 5.41) is 3.27. The maximum absolute atomic E-state index is 14.0. The van der Waals surface area contributed by atoms with Crippen molar-refractivity contribution in [2.75, 3.05) is 10.8 Å². The van der Waals surface area contributed by atoms with Gasteiger partial charge in [-0.2, -0.15) is 0 Å². The summed E-state index contributed by atoms with van der Waals surface area (Å²) in [6.45, 7) is 6.78. The molecule has 0 aliphatic carbocycles. The quantitative estimate of drug-likeness (QED) is 0.294. The van der Waals surface area contributed by atoms with Crippen LogP contribution in [0, 0.1) is 12.7 Å². The van der Waals surface area contributed by atoms with E-state index in [0.717, 1.165) is 9.87 Å². The molecule has 1 N–H and O–H groups in total. The fourth-order valence-electron chi connectivity index (χ4n) is 4.13. The second-order valence-corrected chi connectivity index (χ2v) is 11.9. The minimum atomic E-state index is -4.19. The highest BCUT2D eigenvalue weighted by molar-refractivity contribution is 7.92. The average molecular weight is 588 g/mol. The zero-order valence-corrected chi connectivity index (χ0v) is 24.7. The summed E-state index contributed by atoms with van der Waals surface area (Å²) in [5.41, 5.74) is 1.56. The molecule has 0 unspecified atom stereocenters. The molecule has 0 aromatic heterocycles. The Balaban J connectivity index is 2.06. The molecule has 3 aromatic rings. The average Bonchev–Trinajstić information content (AvgIpc) is 2.94. The molecule has 2 amide bonds. The van der Waals surface area contributed by atoms with Crippen LogP contribution in [0.15, 0.2) is 77.7 Å². The SMILES string of the molecule is CC[C@@H](C)NC(=O)[C@H](CC)N(Cc1ccc(F)cc1)C(=O)CN(c1ccc(C)c(Cl)c1)S(=O)(=O)c1ccccc1. The number of nitrogens with one attached hydrogen (secondary N) is 1. The molecule has 0 fully saturated rings. The van der Waals surface area contributed by atoms with Crippen molar-refractivity contribution in [1.82, 2.24) is 10.2 Å². The Morgan fingerprint density at radius 3 is 2.20 bits per heavy atom. The van der Waals surface area contributed by atoms with Crippen LogP contribution in [0.4, 0.5) is 10.1 Å². The highest BCUT2D eigenvalue weighted by Crippen LogP contribution is 2.28. The molecule has 3 rings (SSSR count). The van der Waals surface area contributed by atoms with Gasteiger partial charge < -0.3 is 10.2 Å². The molecule has 0 saturated heterocycles. The Morgan fingerprint density at radius 2 is 1.62 bits per heavy atom. The van der Waals surface area contributed by atoms with Crippen molar-refractivity contribution < 1.29 is 22.4 Å². The number of carbonyl (C=O) groups excluding carboxylic acids is 2. The molecule has 0 saturated carbocycles. The summed E-state index contributed by atoms with van der Waals surface area (Å²) in [7, 11) is -4.19. The second-order valence-electron chi connectivity index (χ2n) is 9.65. The Morgan fingerprint density at radius 1 is 0.975 bits per heavy atom. The molecule has 40 heavy (non-hydrogen) atoms. The summed E-state index contributed by atoms with van der Waals surface area (Å²) < 4.78 is 42.3. The Bertz CT molecular complexity index is 1420. The van der Waals surface area contributed by atoms with Crippen LogP contribution in [0.3, 0.4) is 0 Å². The minimum Gasteiger partial charge on any atom is -0.352 e. The number of aryl methyl sites for hydroxylation is 1. The lowest BCUT2D eigenvalue weighted by Crippen LogP contribution is -2.53. The lowest BCUT2D eigenvalue weighted by Gasteiger charge is -2.33. The van der Waals surface area contributed by atoms with Gasteiger partial charge in [-0.05, 0) is 74.2 Å². The molecule has 0 heterocycles. The fourth-order valence-corrected chi connectivity index (χ4v) is 5.73. The van der Waals surface area contributed by atoms with Crippen LogP contribution < -0.4 is 9.62 Å². The number of hydrogen-bond donors (Lipinski definition) is 1. The molecule has 2 atom stereocenters. The lowest BCUT2D eigenvalue weighted by molar-refractivity contribution is -0.140. The van der Waals surface area contributed by atoms with Gasteiger partial charge in [0.1, 0.15) is 18.4 Å². The van der Waals surface area contributed by atoms with Gasteiger partial charge in [0, 0.05) is 17.6 Å². The van der Waals surface area contributed by atoms with Crippen molar-refractivity contribution in [3.63, 3.8) is 0 Å². The van der Waals surface area contributed by atoms with Gasteiger partial charge in [-0.25, -0.2) is 12.8 Å². The van der Waals surface area contributed by atoms with Crippen LogP contribution in [0.25, 0.3) is 0 Å². The highest BCUT2D eigenvalue weighted by Gasteiger charge is 2.34. The zero-order valence-electron chi connectivity index (χ0n) is 23.1. The van der Waals surface area contributed by atoms with Crippen LogP contribution in [-0.4, -0.2) is 43.8 Å². The molecular formula is C30H35ClFN3O4S. The second kappa shape index (κ2) is 13.8. The molecule has 0 radical (unpaired) electrons. The number of halogens is 2. The van der Waals surface area contributed by atoms with Gasteiger partial charge >= 0.3 is 0 Å². The molecule has 10 heteroatoms. The summed E-state index contributed by atoms with van der Waals surface area (Å²) in [6, 6.07) is 17.2. The van der Waals surface area contributed by atoms with Crippen molar-refractivity contribution in [2.24, 2.45) is 0 Å². The largest absolute Gasteiger partial charge is 0.352 e. The minimum absolute atomic E-state index is 0.00568. The van der Waals surface area contributed by atoms with Crippen molar-refractivity contribution in [2.45, 2.75) is 64.1 Å². The van der Waals surface area contributed by atoms with E-state index in [0.29, 0.717) is 17.0 Å². The molecule has 7 nitrogen and oxygen atoms in total. The molecule has 0 spiro atoms. The smallest absolute Gasteiger partial charge is 0.264 e. The summed E-state index contributed by atoms with van der Waals surface area (Å²) >= 11 is 6.35. The predicted molar refractivity (Wildman–Crippen MR) is 156 cm³/mol. The molecule has 0 bridgehead atoms. The molecule has 214 valence electrons. The normalized spacial score (nSPS) is 12.8. The molecule has 0 aliphatic heterocycles. The van der Waals surface area contributed by atoms with Crippen LogP contribution in [0.1, 0.15) is 44.7 Å². The molecule has 3 aromatic carbocycles. The first-order chi connectivity index (χ1) is 19.0. The van der Waals surface area contributed by atoms with Gasteiger partial charge in [-0.1, -0.05) is 61.8 Å². The maximum atomic E-state index is 14.0. The van der Waals surface area contributed by atoms with Gasteiger partial charge in [0.2, 0.25) is 11.8 Å². The summed E-state index contributed by atoms with van der Waals surface area (Å²) in [5.74, 6) is -1.37. The van der Waals surface area contributed by atoms with E-state index in [9.17, 15) is 22.4 Å². The van der Waals surface area contributed by atoms with Crippen LogP contribution in [-0.2, 0) is 26.2 Å². The van der Waals surface area contributed by atoms with Crippen molar-refractivity contribution >= 4 is 39.1 Å². The number of sulfonamides is 1. The van der Waals surface area contributed by atoms with E-state index in [1.165, 1.54) is 47.4 Å². The number of hydrogen-bond acceptors (Lipinski definition) is 4. The Labute approximate surface area is 241 Å². The first-order valence-corrected chi connectivity index (χ1v) is 15.0. The standard InChI is InChI=1S/C30H35ClFN3O4S/c1-5-22(4)33-30(37)28(6-2)34(19-23-13-15-24(32)16-14-23)29(36)20-35(25-17-12-21(3)27(31)18-25)40(38,39)26-10-8-7-9-11-26/h7-18,22,28H,5-6,19-20H2,1-4H3,(H,33,37)/t22-,28+/m1/s1. The van der Waals surface area contributed by atoms with Crippen LogP contribution in [0.5, 0.6) is 0 Å². The number of amides is 2. The van der Waals surface area contributed by atoms with E-state index in [1.54, 1.807) is 44.2 Å². The van der Waals surface area contributed by atoms with Crippen LogP contribution >= 0.6 is 11.6 Å². The lowest BCUT2D eigenvalue weighted by atomic mass is 10.1. The molecule has 0 aliphatic rings. The third kappa shape index (κ3) is 7.61. The number of nitrogens with zero attached hydrogens (tertiary/aromatic N) is 2. The van der Waals surface area contributed by atoms with E-state index in [2.05, 4.69) is 5.32 Å². The predicted octanol–water partition coefficient (Wildman–Crippen LogP) is 5.70. The summed E-state index contributed by atoms with van der Waals surface area (Å²) in [4.78, 5) is 28.7.